The van der Waals surface area contributed by atoms with E-state index in [4.69, 9.17) is 18.9 Å². The van der Waals surface area contributed by atoms with Gasteiger partial charge in [0.25, 0.3) is 0 Å². The number of hydrogen-bond acceptors (Lipinski definition) is 6. The molecular weight excluding hydrogens is 276 g/mol. The van der Waals surface area contributed by atoms with E-state index in [1.807, 2.05) is 20.8 Å². The highest BCUT2D eigenvalue weighted by Gasteiger charge is 2.13. The molecule has 6 heteroatoms. The van der Waals surface area contributed by atoms with Crippen molar-refractivity contribution < 1.29 is 28.5 Å². The van der Waals surface area contributed by atoms with Gasteiger partial charge in [-0.15, -0.1) is 0 Å². The Morgan fingerprint density at radius 1 is 1.00 bits per heavy atom. The topological polar surface area (TPSA) is 71.1 Å². The molecule has 21 heavy (non-hydrogen) atoms. The summed E-state index contributed by atoms with van der Waals surface area (Å²) in [5, 5.41) is 0. The summed E-state index contributed by atoms with van der Waals surface area (Å²) in [6.07, 6.45) is 0.582. The highest BCUT2D eigenvalue weighted by Crippen LogP contribution is 2.04. The summed E-state index contributed by atoms with van der Waals surface area (Å²) in [7, 11) is 1.61. The molecule has 0 spiro atoms. The van der Waals surface area contributed by atoms with E-state index in [2.05, 4.69) is 0 Å². The van der Waals surface area contributed by atoms with Crippen LogP contribution in [-0.2, 0) is 28.5 Å². The van der Waals surface area contributed by atoms with Crippen LogP contribution in [0.15, 0.2) is 0 Å². The van der Waals surface area contributed by atoms with E-state index >= 15 is 0 Å². The van der Waals surface area contributed by atoms with Crippen LogP contribution < -0.4 is 0 Å². The molecule has 6 nitrogen and oxygen atoms in total. The molecule has 0 bridgehead atoms. The molecule has 0 aliphatic rings. The minimum absolute atomic E-state index is 0.00289. The monoisotopic (exact) mass is 304 g/mol. The zero-order valence-corrected chi connectivity index (χ0v) is 13.7. The SMILES string of the molecule is CCC(C)C(=O)OCCC(=O)OCC(C)OCC(C)OC. The first-order valence-electron chi connectivity index (χ1n) is 7.37. The van der Waals surface area contributed by atoms with Crippen molar-refractivity contribution in [3.63, 3.8) is 0 Å². The van der Waals surface area contributed by atoms with Crippen molar-refractivity contribution in [2.24, 2.45) is 5.92 Å². The molecule has 3 unspecified atom stereocenters. The molecule has 0 radical (unpaired) electrons. The van der Waals surface area contributed by atoms with Gasteiger partial charge in [0.1, 0.15) is 13.2 Å². The van der Waals surface area contributed by atoms with Gasteiger partial charge in [0.15, 0.2) is 0 Å². The summed E-state index contributed by atoms with van der Waals surface area (Å²) in [5.74, 6) is -0.824. The van der Waals surface area contributed by atoms with Crippen LogP contribution in [0.2, 0.25) is 0 Å². The number of rotatable bonds is 11. The standard InChI is InChI=1S/C15H28O6/c1-6-11(2)15(17)19-8-7-14(16)21-10-13(4)20-9-12(3)18-5/h11-13H,6-10H2,1-5H3. The number of carbonyl (C=O) groups excluding carboxylic acids is 2. The third-order valence-corrected chi connectivity index (χ3v) is 3.06. The molecule has 0 fully saturated rings. The van der Waals surface area contributed by atoms with Crippen LogP contribution in [-0.4, -0.2) is 51.1 Å². The van der Waals surface area contributed by atoms with Crippen molar-refractivity contribution in [1.82, 2.24) is 0 Å². The van der Waals surface area contributed by atoms with E-state index in [0.29, 0.717) is 6.61 Å². The highest BCUT2D eigenvalue weighted by atomic mass is 16.6. The molecule has 0 aromatic heterocycles. The molecule has 0 N–H and O–H groups in total. The summed E-state index contributed by atoms with van der Waals surface area (Å²) in [5.41, 5.74) is 0. The van der Waals surface area contributed by atoms with E-state index in [0.717, 1.165) is 6.42 Å². The third-order valence-electron chi connectivity index (χ3n) is 3.06. The molecule has 0 aromatic carbocycles. The first-order chi connectivity index (χ1) is 9.90. The first-order valence-corrected chi connectivity index (χ1v) is 7.37. The molecule has 0 saturated heterocycles. The smallest absolute Gasteiger partial charge is 0.309 e. The molecule has 0 saturated carbocycles. The fourth-order valence-electron chi connectivity index (χ4n) is 1.24. The van der Waals surface area contributed by atoms with Gasteiger partial charge < -0.3 is 18.9 Å². The lowest BCUT2D eigenvalue weighted by Crippen LogP contribution is -2.24. The quantitative estimate of drug-likeness (QED) is 0.543. The van der Waals surface area contributed by atoms with Crippen molar-refractivity contribution in [3.05, 3.63) is 0 Å². The van der Waals surface area contributed by atoms with E-state index in [1.165, 1.54) is 0 Å². The Labute approximate surface area is 127 Å². The number of carbonyl (C=O) groups is 2. The van der Waals surface area contributed by atoms with Crippen LogP contribution in [0.3, 0.4) is 0 Å². The number of hydrogen-bond donors (Lipinski definition) is 0. The Balaban J connectivity index is 3.68. The second kappa shape index (κ2) is 11.5. The van der Waals surface area contributed by atoms with Crippen molar-refractivity contribution >= 4 is 11.9 Å². The Morgan fingerprint density at radius 3 is 2.24 bits per heavy atom. The minimum Gasteiger partial charge on any atom is -0.465 e. The van der Waals surface area contributed by atoms with Gasteiger partial charge in [-0.05, 0) is 20.3 Å². The van der Waals surface area contributed by atoms with E-state index < -0.39 is 5.97 Å². The second-order valence-corrected chi connectivity index (χ2v) is 5.10. The molecule has 0 rings (SSSR count). The average Bonchev–Trinajstić information content (AvgIpc) is 2.49. The fourth-order valence-corrected chi connectivity index (χ4v) is 1.24. The van der Waals surface area contributed by atoms with Gasteiger partial charge in [0.2, 0.25) is 0 Å². The van der Waals surface area contributed by atoms with Gasteiger partial charge in [-0.2, -0.15) is 0 Å². The summed E-state index contributed by atoms with van der Waals surface area (Å²) in [6.45, 7) is 8.09. The lowest BCUT2D eigenvalue weighted by Gasteiger charge is -2.16. The van der Waals surface area contributed by atoms with Crippen molar-refractivity contribution in [1.29, 1.82) is 0 Å². The van der Waals surface area contributed by atoms with Crippen molar-refractivity contribution in [2.45, 2.75) is 52.7 Å². The van der Waals surface area contributed by atoms with Gasteiger partial charge in [-0.3, -0.25) is 9.59 Å². The first kappa shape index (κ1) is 19.9. The Morgan fingerprint density at radius 2 is 1.67 bits per heavy atom. The predicted molar refractivity (Wildman–Crippen MR) is 77.9 cm³/mol. The summed E-state index contributed by atoms with van der Waals surface area (Å²) in [6, 6.07) is 0. The molecule has 0 aliphatic heterocycles. The highest BCUT2D eigenvalue weighted by molar-refractivity contribution is 5.73. The van der Waals surface area contributed by atoms with Crippen LogP contribution in [0, 0.1) is 5.92 Å². The second-order valence-electron chi connectivity index (χ2n) is 5.10. The maximum absolute atomic E-state index is 11.5. The van der Waals surface area contributed by atoms with Gasteiger partial charge in [-0.1, -0.05) is 13.8 Å². The van der Waals surface area contributed by atoms with Crippen LogP contribution in [0.5, 0.6) is 0 Å². The normalized spacial score (nSPS) is 15.1. The fraction of sp³-hybridized carbons (Fsp3) is 0.867. The van der Waals surface area contributed by atoms with Crippen LogP contribution in [0.25, 0.3) is 0 Å². The van der Waals surface area contributed by atoms with E-state index in [-0.39, 0.29) is 43.7 Å². The van der Waals surface area contributed by atoms with Gasteiger partial charge in [0, 0.05) is 7.11 Å². The van der Waals surface area contributed by atoms with Gasteiger partial charge in [0.05, 0.1) is 31.2 Å². The number of ether oxygens (including phenoxy) is 4. The molecule has 0 amide bonds. The Kier molecular flexibility index (Phi) is 10.9. The zero-order valence-electron chi connectivity index (χ0n) is 13.7. The maximum Gasteiger partial charge on any atom is 0.309 e. The largest absolute Gasteiger partial charge is 0.465 e. The summed E-state index contributed by atoms with van der Waals surface area (Å²) >= 11 is 0. The van der Waals surface area contributed by atoms with Crippen molar-refractivity contribution in [2.75, 3.05) is 26.9 Å². The summed E-state index contributed by atoms with van der Waals surface area (Å²) in [4.78, 5) is 22.9. The minimum atomic E-state index is -0.401. The van der Waals surface area contributed by atoms with E-state index in [1.54, 1.807) is 14.0 Å². The number of methoxy groups -OCH3 is 1. The molecule has 0 heterocycles. The molecule has 3 atom stereocenters. The average molecular weight is 304 g/mol. The molecule has 0 aliphatic carbocycles. The third kappa shape index (κ3) is 10.3. The molecular formula is C15H28O6. The Bertz CT molecular complexity index is 305. The Hall–Kier alpha value is -1.14. The lowest BCUT2D eigenvalue weighted by atomic mass is 10.1. The van der Waals surface area contributed by atoms with Crippen LogP contribution in [0.1, 0.15) is 40.5 Å². The lowest BCUT2D eigenvalue weighted by molar-refractivity contribution is -0.154. The van der Waals surface area contributed by atoms with E-state index in [9.17, 15) is 9.59 Å². The maximum atomic E-state index is 11.5. The van der Waals surface area contributed by atoms with Crippen LogP contribution in [0.4, 0.5) is 0 Å². The summed E-state index contributed by atoms with van der Waals surface area (Å²) < 4.78 is 20.5. The van der Waals surface area contributed by atoms with Gasteiger partial charge in [-0.25, -0.2) is 0 Å². The molecule has 124 valence electrons. The van der Waals surface area contributed by atoms with Crippen molar-refractivity contribution in [3.8, 4) is 0 Å². The molecule has 0 aromatic rings. The zero-order chi connectivity index (χ0) is 16.3. The van der Waals surface area contributed by atoms with Crippen LogP contribution >= 0.6 is 0 Å². The van der Waals surface area contributed by atoms with Gasteiger partial charge >= 0.3 is 11.9 Å². The number of esters is 2. The predicted octanol–water partition coefficient (Wildman–Crippen LogP) is 1.95.